The van der Waals surface area contributed by atoms with E-state index in [1.807, 2.05) is 0 Å². The normalized spacial score (nSPS) is 12.2. The number of carbonyl (C=O) groups is 3. The molecule has 33 heavy (non-hydrogen) atoms. The predicted octanol–water partition coefficient (Wildman–Crippen LogP) is 4.29. The van der Waals surface area contributed by atoms with Gasteiger partial charge in [-0.05, 0) is 76.1 Å². The maximum absolute atomic E-state index is 13.0. The lowest BCUT2D eigenvalue weighted by Crippen LogP contribution is -2.31. The third-order valence-corrected chi connectivity index (χ3v) is 5.40. The van der Waals surface area contributed by atoms with Crippen LogP contribution in [0.1, 0.15) is 26.3 Å². The Morgan fingerprint density at radius 3 is 2.39 bits per heavy atom. The maximum atomic E-state index is 13.0. The molecule has 2 amide bonds. The lowest BCUT2D eigenvalue weighted by molar-refractivity contribution is -0.113. The van der Waals surface area contributed by atoms with Crippen molar-refractivity contribution in [2.75, 3.05) is 12.1 Å². The van der Waals surface area contributed by atoms with Gasteiger partial charge in [-0.1, -0.05) is 18.2 Å². The van der Waals surface area contributed by atoms with Crippen LogP contribution in [0.4, 0.5) is 5.69 Å². The molecular weight excluding hydrogens is 492 g/mol. The van der Waals surface area contributed by atoms with E-state index in [-0.39, 0.29) is 18.1 Å². The molecule has 0 unspecified atom stereocenters. The molecule has 0 atom stereocenters. The Hall–Kier alpha value is -4.11. The number of carboxylic acid groups (broad SMARTS) is 1. The molecule has 0 radical (unpaired) electrons. The van der Waals surface area contributed by atoms with Crippen LogP contribution >= 0.6 is 15.9 Å². The highest BCUT2D eigenvalue weighted by Crippen LogP contribution is 2.33. The van der Waals surface area contributed by atoms with E-state index >= 15 is 0 Å². The standard InChI is InChI=1S/C24H17BrN2O6/c25-18-4-2-1-3-17(18)22(28)27-19(11-14-5-10-20-21(12-14)33-13-32-20)23(29)26-16-8-6-15(7-9-16)24(30)31/h1-12H,13H2,(H,26,29)(H,27,28)(H,30,31)/b19-11-. The van der Waals surface area contributed by atoms with Crippen molar-refractivity contribution >= 4 is 45.5 Å². The quantitative estimate of drug-likeness (QED) is 0.428. The summed E-state index contributed by atoms with van der Waals surface area (Å²) in [5.41, 5.74) is 1.41. The van der Waals surface area contributed by atoms with Crippen molar-refractivity contribution < 1.29 is 29.0 Å². The van der Waals surface area contributed by atoms with Crippen LogP contribution in [0.3, 0.4) is 0 Å². The monoisotopic (exact) mass is 508 g/mol. The van der Waals surface area contributed by atoms with Crippen molar-refractivity contribution in [2.24, 2.45) is 0 Å². The highest BCUT2D eigenvalue weighted by atomic mass is 79.9. The zero-order chi connectivity index (χ0) is 23.4. The first-order chi connectivity index (χ1) is 15.9. The van der Waals surface area contributed by atoms with Crippen molar-refractivity contribution in [2.45, 2.75) is 0 Å². The highest BCUT2D eigenvalue weighted by molar-refractivity contribution is 9.10. The van der Waals surface area contributed by atoms with Gasteiger partial charge in [-0.2, -0.15) is 0 Å². The SMILES string of the molecule is O=C(Nc1ccc(C(=O)O)cc1)/C(=C/c1ccc2c(c1)OCO2)NC(=O)c1ccccc1Br. The van der Waals surface area contributed by atoms with Crippen LogP contribution in [0, 0.1) is 0 Å². The molecular formula is C24H17BrN2O6. The summed E-state index contributed by atoms with van der Waals surface area (Å²) in [6, 6.07) is 17.7. The molecule has 3 aromatic carbocycles. The minimum absolute atomic E-state index is 0.0167. The molecule has 1 aliphatic rings. The van der Waals surface area contributed by atoms with E-state index in [1.165, 1.54) is 30.3 Å². The number of nitrogens with one attached hydrogen (secondary N) is 2. The molecule has 0 aliphatic carbocycles. The Morgan fingerprint density at radius 2 is 1.67 bits per heavy atom. The molecule has 0 saturated heterocycles. The zero-order valence-corrected chi connectivity index (χ0v) is 18.6. The summed E-state index contributed by atoms with van der Waals surface area (Å²) in [7, 11) is 0. The summed E-state index contributed by atoms with van der Waals surface area (Å²) in [6.45, 7) is 0.112. The molecule has 0 aromatic heterocycles. The molecule has 0 spiro atoms. The number of carboxylic acids is 1. The van der Waals surface area contributed by atoms with E-state index in [4.69, 9.17) is 14.6 Å². The smallest absolute Gasteiger partial charge is 0.335 e. The van der Waals surface area contributed by atoms with Gasteiger partial charge in [0, 0.05) is 10.2 Å². The van der Waals surface area contributed by atoms with Crippen molar-refractivity contribution in [3.63, 3.8) is 0 Å². The number of anilines is 1. The second kappa shape index (κ2) is 9.58. The average Bonchev–Trinajstić information content (AvgIpc) is 3.27. The molecule has 0 bridgehead atoms. The molecule has 0 fully saturated rings. The number of aromatic carboxylic acids is 1. The van der Waals surface area contributed by atoms with E-state index in [0.717, 1.165) is 0 Å². The molecule has 3 N–H and O–H groups in total. The van der Waals surface area contributed by atoms with E-state index in [2.05, 4.69) is 26.6 Å². The van der Waals surface area contributed by atoms with Crippen molar-refractivity contribution in [3.05, 3.63) is 93.6 Å². The molecule has 3 aromatic rings. The van der Waals surface area contributed by atoms with Crippen molar-refractivity contribution in [1.82, 2.24) is 5.32 Å². The zero-order valence-electron chi connectivity index (χ0n) is 17.0. The number of ether oxygens (including phenoxy) is 2. The summed E-state index contributed by atoms with van der Waals surface area (Å²) < 4.78 is 11.3. The first kappa shape index (κ1) is 22.1. The van der Waals surface area contributed by atoms with Crippen LogP contribution in [-0.4, -0.2) is 29.7 Å². The maximum Gasteiger partial charge on any atom is 0.335 e. The Balaban J connectivity index is 1.62. The lowest BCUT2D eigenvalue weighted by atomic mass is 10.1. The molecule has 1 aliphatic heterocycles. The Bertz CT molecular complexity index is 1270. The van der Waals surface area contributed by atoms with Crippen LogP contribution in [0.5, 0.6) is 11.5 Å². The minimum atomic E-state index is -1.07. The number of halogens is 1. The van der Waals surface area contributed by atoms with Gasteiger partial charge in [-0.15, -0.1) is 0 Å². The van der Waals surface area contributed by atoms with Gasteiger partial charge >= 0.3 is 5.97 Å². The first-order valence-corrected chi connectivity index (χ1v) is 10.5. The Labute approximate surface area is 197 Å². The number of amides is 2. The molecule has 166 valence electrons. The summed E-state index contributed by atoms with van der Waals surface area (Å²) in [6.07, 6.45) is 1.51. The van der Waals surface area contributed by atoms with Crippen molar-refractivity contribution in [1.29, 1.82) is 0 Å². The van der Waals surface area contributed by atoms with Crippen LogP contribution < -0.4 is 20.1 Å². The molecule has 4 rings (SSSR count). The number of benzene rings is 3. The average molecular weight is 509 g/mol. The van der Waals surface area contributed by atoms with Crippen molar-refractivity contribution in [3.8, 4) is 11.5 Å². The van der Waals surface area contributed by atoms with Gasteiger partial charge in [0.05, 0.1) is 11.1 Å². The number of fused-ring (bicyclic) bond motifs is 1. The van der Waals surface area contributed by atoms with E-state index < -0.39 is 17.8 Å². The van der Waals surface area contributed by atoms with Gasteiger partial charge in [-0.3, -0.25) is 9.59 Å². The van der Waals surface area contributed by atoms with E-state index in [0.29, 0.717) is 32.8 Å². The first-order valence-electron chi connectivity index (χ1n) is 9.72. The summed E-state index contributed by atoms with van der Waals surface area (Å²) in [5.74, 6) is -1.02. The van der Waals surface area contributed by atoms with Crippen LogP contribution in [0.2, 0.25) is 0 Å². The number of hydrogen-bond acceptors (Lipinski definition) is 5. The predicted molar refractivity (Wildman–Crippen MR) is 124 cm³/mol. The van der Waals surface area contributed by atoms with Gasteiger partial charge in [0.15, 0.2) is 11.5 Å². The summed E-state index contributed by atoms with van der Waals surface area (Å²) >= 11 is 3.34. The fourth-order valence-corrected chi connectivity index (χ4v) is 3.52. The third kappa shape index (κ3) is 5.21. The molecule has 8 nitrogen and oxygen atoms in total. The van der Waals surface area contributed by atoms with Gasteiger partial charge in [0.25, 0.3) is 11.8 Å². The van der Waals surface area contributed by atoms with E-state index in [9.17, 15) is 14.4 Å². The fourth-order valence-electron chi connectivity index (χ4n) is 3.06. The van der Waals surface area contributed by atoms with Gasteiger partial charge in [0.1, 0.15) is 5.70 Å². The number of carbonyl (C=O) groups excluding carboxylic acids is 2. The number of rotatable bonds is 6. The molecule has 9 heteroatoms. The second-order valence-electron chi connectivity index (χ2n) is 6.94. The number of hydrogen-bond donors (Lipinski definition) is 3. The van der Waals surface area contributed by atoms with Crippen LogP contribution in [0.25, 0.3) is 6.08 Å². The Kier molecular flexibility index (Phi) is 6.41. The van der Waals surface area contributed by atoms with Crippen LogP contribution in [-0.2, 0) is 4.79 Å². The summed E-state index contributed by atoms with van der Waals surface area (Å²) in [5, 5.41) is 14.4. The second-order valence-corrected chi connectivity index (χ2v) is 7.80. The fraction of sp³-hybridized carbons (Fsp3) is 0.0417. The third-order valence-electron chi connectivity index (χ3n) is 4.71. The highest BCUT2D eigenvalue weighted by Gasteiger charge is 2.18. The molecule has 1 heterocycles. The summed E-state index contributed by atoms with van der Waals surface area (Å²) in [4.78, 5) is 36.9. The van der Waals surface area contributed by atoms with Gasteiger partial charge in [-0.25, -0.2) is 4.79 Å². The molecule has 0 saturated carbocycles. The van der Waals surface area contributed by atoms with Gasteiger partial charge in [0.2, 0.25) is 6.79 Å². The lowest BCUT2D eigenvalue weighted by Gasteiger charge is -2.12. The minimum Gasteiger partial charge on any atom is -0.478 e. The van der Waals surface area contributed by atoms with E-state index in [1.54, 1.807) is 42.5 Å². The van der Waals surface area contributed by atoms with Crippen LogP contribution in [0.15, 0.2) is 76.9 Å². The largest absolute Gasteiger partial charge is 0.478 e. The topological polar surface area (TPSA) is 114 Å². The van der Waals surface area contributed by atoms with Gasteiger partial charge < -0.3 is 25.2 Å². The Morgan fingerprint density at radius 1 is 0.939 bits per heavy atom.